The number of nitrogen functional groups attached to an aromatic ring is 1. The molecule has 1 aromatic heterocycles. The number of halogens is 2. The highest BCUT2D eigenvalue weighted by molar-refractivity contribution is 9.10. The average molecular weight is 284 g/mol. The molecule has 2 N–H and O–H groups in total. The summed E-state index contributed by atoms with van der Waals surface area (Å²) < 4.78 is 16.2. The number of nitrogens with two attached hydrogens (primary N) is 1. The third-order valence-electron chi connectivity index (χ3n) is 2.49. The van der Waals surface area contributed by atoms with Gasteiger partial charge >= 0.3 is 0 Å². The van der Waals surface area contributed by atoms with Gasteiger partial charge in [0.25, 0.3) is 0 Å². The first kappa shape index (κ1) is 11.1. The minimum atomic E-state index is -0.283. The number of aromatic nitrogens is 2. The predicted molar refractivity (Wildman–Crippen MR) is 65.5 cm³/mol. The zero-order valence-corrected chi connectivity index (χ0v) is 10.5. The number of imidazole rings is 1. The number of rotatable bonds is 1. The van der Waals surface area contributed by atoms with Crippen LogP contribution in [0.5, 0.6) is 0 Å². The third kappa shape index (κ3) is 1.71. The lowest BCUT2D eigenvalue weighted by Crippen LogP contribution is -1.99. The summed E-state index contributed by atoms with van der Waals surface area (Å²) in [6.45, 7) is 1.81. The standard InChI is InChI=1S/C11H11BrFN3/c1-6-10(16(2)11(14)15-6)8-5-7(12)3-4-9(8)13/h3-5H,1-2H3,(H2,14,15). The first-order valence-corrected chi connectivity index (χ1v) is 5.54. The Morgan fingerprint density at radius 2 is 2.12 bits per heavy atom. The van der Waals surface area contributed by atoms with Gasteiger partial charge in [-0.05, 0) is 25.1 Å². The normalized spacial score (nSPS) is 10.8. The molecule has 0 amide bonds. The Labute approximate surface area is 101 Å². The molecule has 1 heterocycles. The van der Waals surface area contributed by atoms with Gasteiger partial charge in [0.15, 0.2) is 0 Å². The van der Waals surface area contributed by atoms with Crippen LogP contribution in [0.3, 0.4) is 0 Å². The van der Waals surface area contributed by atoms with E-state index in [0.29, 0.717) is 17.2 Å². The van der Waals surface area contributed by atoms with Crippen LogP contribution in [0.2, 0.25) is 0 Å². The molecule has 0 saturated heterocycles. The summed E-state index contributed by atoms with van der Waals surface area (Å²) in [5, 5.41) is 0. The maximum atomic E-state index is 13.7. The van der Waals surface area contributed by atoms with Crippen molar-refractivity contribution in [2.75, 3.05) is 5.73 Å². The van der Waals surface area contributed by atoms with Crippen molar-refractivity contribution >= 4 is 21.9 Å². The van der Waals surface area contributed by atoms with Crippen molar-refractivity contribution in [3.05, 3.63) is 34.2 Å². The van der Waals surface area contributed by atoms with Gasteiger partial charge in [-0.3, -0.25) is 0 Å². The van der Waals surface area contributed by atoms with Crippen LogP contribution in [0.15, 0.2) is 22.7 Å². The fourth-order valence-electron chi connectivity index (χ4n) is 1.71. The summed E-state index contributed by atoms with van der Waals surface area (Å²) in [5.41, 5.74) is 7.61. The van der Waals surface area contributed by atoms with Crippen LogP contribution in [0.25, 0.3) is 11.3 Å². The SMILES string of the molecule is Cc1nc(N)n(C)c1-c1cc(Br)ccc1F. The summed E-state index contributed by atoms with van der Waals surface area (Å²) >= 11 is 3.32. The maximum absolute atomic E-state index is 13.7. The molecule has 16 heavy (non-hydrogen) atoms. The molecule has 0 fully saturated rings. The van der Waals surface area contributed by atoms with Crippen molar-refractivity contribution in [3.63, 3.8) is 0 Å². The Morgan fingerprint density at radius 1 is 1.44 bits per heavy atom. The fourth-order valence-corrected chi connectivity index (χ4v) is 2.07. The molecule has 84 valence electrons. The van der Waals surface area contributed by atoms with Crippen molar-refractivity contribution < 1.29 is 4.39 Å². The molecule has 0 aliphatic carbocycles. The molecule has 2 aromatic rings. The van der Waals surface area contributed by atoms with E-state index in [2.05, 4.69) is 20.9 Å². The fraction of sp³-hybridized carbons (Fsp3) is 0.182. The smallest absolute Gasteiger partial charge is 0.200 e. The highest BCUT2D eigenvalue weighted by Crippen LogP contribution is 2.29. The summed E-state index contributed by atoms with van der Waals surface area (Å²) in [7, 11) is 1.77. The highest BCUT2D eigenvalue weighted by Gasteiger charge is 2.15. The monoisotopic (exact) mass is 283 g/mol. The molecular formula is C11H11BrFN3. The summed E-state index contributed by atoms with van der Waals surface area (Å²) in [6, 6.07) is 4.80. The Morgan fingerprint density at radius 3 is 2.69 bits per heavy atom. The van der Waals surface area contributed by atoms with Crippen molar-refractivity contribution in [2.24, 2.45) is 7.05 Å². The van der Waals surface area contributed by atoms with Gasteiger partial charge in [0.05, 0.1) is 11.4 Å². The zero-order chi connectivity index (χ0) is 11.9. The molecule has 0 aliphatic rings. The lowest BCUT2D eigenvalue weighted by atomic mass is 10.1. The lowest BCUT2D eigenvalue weighted by Gasteiger charge is -2.06. The molecule has 2 rings (SSSR count). The second-order valence-electron chi connectivity index (χ2n) is 3.59. The van der Waals surface area contributed by atoms with E-state index in [4.69, 9.17) is 5.73 Å². The lowest BCUT2D eigenvalue weighted by molar-refractivity contribution is 0.629. The molecule has 0 spiro atoms. The minimum Gasteiger partial charge on any atom is -0.369 e. The summed E-state index contributed by atoms with van der Waals surface area (Å²) in [6.07, 6.45) is 0. The van der Waals surface area contributed by atoms with Crippen molar-refractivity contribution in [2.45, 2.75) is 6.92 Å². The van der Waals surface area contributed by atoms with E-state index < -0.39 is 0 Å². The highest BCUT2D eigenvalue weighted by atomic mass is 79.9. The molecular weight excluding hydrogens is 273 g/mol. The third-order valence-corrected chi connectivity index (χ3v) is 2.98. The Bertz CT molecular complexity index is 548. The number of hydrogen-bond acceptors (Lipinski definition) is 2. The van der Waals surface area contributed by atoms with E-state index in [1.54, 1.807) is 23.7 Å². The largest absolute Gasteiger partial charge is 0.369 e. The number of hydrogen-bond donors (Lipinski definition) is 1. The molecule has 0 unspecified atom stereocenters. The summed E-state index contributed by atoms with van der Waals surface area (Å²) in [4.78, 5) is 4.12. The van der Waals surface area contributed by atoms with E-state index >= 15 is 0 Å². The zero-order valence-electron chi connectivity index (χ0n) is 8.96. The van der Waals surface area contributed by atoms with Gasteiger partial charge in [0, 0.05) is 17.1 Å². The van der Waals surface area contributed by atoms with Crippen LogP contribution in [0, 0.1) is 12.7 Å². The first-order valence-electron chi connectivity index (χ1n) is 4.75. The molecule has 0 bridgehead atoms. The number of benzene rings is 1. The van der Waals surface area contributed by atoms with Crippen molar-refractivity contribution in [1.29, 1.82) is 0 Å². The topological polar surface area (TPSA) is 43.8 Å². The Balaban J connectivity index is 2.71. The van der Waals surface area contributed by atoms with Gasteiger partial charge in [-0.2, -0.15) is 0 Å². The number of aryl methyl sites for hydroxylation is 1. The molecule has 3 nitrogen and oxygen atoms in total. The Kier molecular flexibility index (Phi) is 2.71. The van der Waals surface area contributed by atoms with Crippen molar-refractivity contribution in [3.8, 4) is 11.3 Å². The van der Waals surface area contributed by atoms with Gasteiger partial charge in [-0.15, -0.1) is 0 Å². The van der Waals surface area contributed by atoms with Gasteiger partial charge in [0.2, 0.25) is 5.95 Å². The minimum absolute atomic E-state index is 0.283. The second kappa shape index (κ2) is 3.90. The quantitative estimate of drug-likeness (QED) is 0.875. The van der Waals surface area contributed by atoms with Gasteiger partial charge in [-0.25, -0.2) is 9.37 Å². The molecule has 0 atom stereocenters. The van der Waals surface area contributed by atoms with Crippen LogP contribution in [0.4, 0.5) is 10.3 Å². The Hall–Kier alpha value is -1.36. The van der Waals surface area contributed by atoms with Gasteiger partial charge in [0.1, 0.15) is 5.82 Å². The molecule has 0 saturated carbocycles. The van der Waals surface area contributed by atoms with Gasteiger partial charge < -0.3 is 10.3 Å². The van der Waals surface area contributed by atoms with Crippen LogP contribution in [-0.2, 0) is 7.05 Å². The predicted octanol–water partition coefficient (Wildman–Crippen LogP) is 2.88. The van der Waals surface area contributed by atoms with Crippen LogP contribution < -0.4 is 5.73 Å². The number of nitrogens with zero attached hydrogens (tertiary/aromatic N) is 2. The second-order valence-corrected chi connectivity index (χ2v) is 4.50. The van der Waals surface area contributed by atoms with E-state index in [-0.39, 0.29) is 5.82 Å². The average Bonchev–Trinajstić information content (AvgIpc) is 2.46. The van der Waals surface area contributed by atoms with Crippen LogP contribution in [-0.4, -0.2) is 9.55 Å². The van der Waals surface area contributed by atoms with Crippen LogP contribution >= 0.6 is 15.9 Å². The maximum Gasteiger partial charge on any atom is 0.200 e. The molecule has 0 aliphatic heterocycles. The first-order chi connectivity index (χ1) is 7.50. The van der Waals surface area contributed by atoms with E-state index in [1.165, 1.54) is 6.07 Å². The molecule has 0 radical (unpaired) electrons. The van der Waals surface area contributed by atoms with Crippen molar-refractivity contribution in [1.82, 2.24) is 9.55 Å². The number of anilines is 1. The van der Waals surface area contributed by atoms with E-state index in [1.807, 2.05) is 6.92 Å². The molecule has 5 heteroatoms. The molecule has 1 aromatic carbocycles. The van der Waals surface area contributed by atoms with Gasteiger partial charge in [-0.1, -0.05) is 15.9 Å². The van der Waals surface area contributed by atoms with E-state index in [9.17, 15) is 4.39 Å². The summed E-state index contributed by atoms with van der Waals surface area (Å²) in [5.74, 6) is 0.0983. The van der Waals surface area contributed by atoms with Crippen LogP contribution in [0.1, 0.15) is 5.69 Å². The van der Waals surface area contributed by atoms with E-state index in [0.717, 1.165) is 10.2 Å².